The molecule has 7 heteroatoms. The second kappa shape index (κ2) is 9.39. The van der Waals surface area contributed by atoms with Crippen molar-refractivity contribution in [1.29, 1.82) is 5.26 Å². The number of rotatable bonds is 8. The number of carbonyl (C=O) groups is 1. The Hall–Kier alpha value is -2.56. The molecule has 0 aromatic heterocycles. The first-order valence-corrected chi connectivity index (χ1v) is 6.68. The highest BCUT2D eigenvalue weighted by molar-refractivity contribution is 5.97. The van der Waals surface area contributed by atoms with E-state index in [1.165, 1.54) is 11.1 Å². The van der Waals surface area contributed by atoms with Gasteiger partial charge in [0.25, 0.3) is 5.91 Å². The number of nitrogens with one attached hydrogen (secondary N) is 1. The Kier molecular flexibility index (Phi) is 7.47. The van der Waals surface area contributed by atoms with Crippen LogP contribution in [0, 0.1) is 11.3 Å². The summed E-state index contributed by atoms with van der Waals surface area (Å²) in [4.78, 5) is 13.3. The van der Waals surface area contributed by atoms with Gasteiger partial charge in [0.2, 0.25) is 0 Å². The predicted octanol–water partition coefficient (Wildman–Crippen LogP) is 0.328. The molecule has 22 heavy (non-hydrogen) atoms. The lowest BCUT2D eigenvalue weighted by atomic mass is 10.2. The minimum atomic E-state index is -0.549. The summed E-state index contributed by atoms with van der Waals surface area (Å²) in [5, 5.41) is 29.8. The molecule has 0 spiro atoms. The Morgan fingerprint density at radius 3 is 2.36 bits per heavy atom. The molecule has 1 aromatic carbocycles. The minimum Gasteiger partial charge on any atom is -0.497 e. The van der Waals surface area contributed by atoms with E-state index in [1.54, 1.807) is 31.4 Å². The quantitative estimate of drug-likeness (QED) is 0.472. The zero-order valence-electron chi connectivity index (χ0n) is 12.3. The third-order valence-corrected chi connectivity index (χ3v) is 2.85. The van der Waals surface area contributed by atoms with E-state index in [0.717, 1.165) is 0 Å². The molecule has 0 atom stereocenters. The van der Waals surface area contributed by atoms with Crippen molar-refractivity contribution in [3.8, 4) is 11.8 Å². The average Bonchev–Trinajstić information content (AvgIpc) is 2.55. The number of aliphatic hydroxyl groups excluding tert-OH is 2. The topological polar surface area (TPSA) is 106 Å². The van der Waals surface area contributed by atoms with Crippen molar-refractivity contribution in [2.24, 2.45) is 0 Å². The number of benzene rings is 1. The summed E-state index contributed by atoms with van der Waals surface area (Å²) < 4.78 is 5.04. The SMILES string of the molecule is COc1ccc(N/C=C(/C#N)C(=O)N(CCO)CCO)cc1. The van der Waals surface area contributed by atoms with Crippen LogP contribution in [0.15, 0.2) is 36.0 Å². The normalized spacial score (nSPS) is 10.7. The molecule has 0 saturated heterocycles. The van der Waals surface area contributed by atoms with E-state index in [-0.39, 0.29) is 31.9 Å². The van der Waals surface area contributed by atoms with Crippen LogP contribution < -0.4 is 10.1 Å². The summed E-state index contributed by atoms with van der Waals surface area (Å²) in [5.74, 6) is 0.148. The lowest BCUT2D eigenvalue weighted by Gasteiger charge is -2.20. The van der Waals surface area contributed by atoms with E-state index in [4.69, 9.17) is 20.2 Å². The third-order valence-electron chi connectivity index (χ3n) is 2.85. The second-order valence-corrected chi connectivity index (χ2v) is 4.28. The van der Waals surface area contributed by atoms with Crippen molar-refractivity contribution in [3.63, 3.8) is 0 Å². The summed E-state index contributed by atoms with van der Waals surface area (Å²) in [6, 6.07) is 8.79. The van der Waals surface area contributed by atoms with Gasteiger partial charge in [-0.25, -0.2) is 0 Å². The van der Waals surface area contributed by atoms with Gasteiger partial charge < -0.3 is 25.2 Å². The van der Waals surface area contributed by atoms with Gasteiger partial charge in [0, 0.05) is 25.0 Å². The molecule has 0 aliphatic carbocycles. The van der Waals surface area contributed by atoms with Gasteiger partial charge in [-0.15, -0.1) is 0 Å². The van der Waals surface area contributed by atoms with Crippen LogP contribution in [0.4, 0.5) is 5.69 Å². The minimum absolute atomic E-state index is 0.0565. The Balaban J connectivity index is 2.80. The molecule has 0 heterocycles. The van der Waals surface area contributed by atoms with Crippen molar-refractivity contribution in [2.45, 2.75) is 0 Å². The maximum absolute atomic E-state index is 12.1. The molecule has 3 N–H and O–H groups in total. The fourth-order valence-corrected chi connectivity index (χ4v) is 1.71. The number of anilines is 1. The highest BCUT2D eigenvalue weighted by Gasteiger charge is 2.17. The second-order valence-electron chi connectivity index (χ2n) is 4.28. The molecule has 1 aromatic rings. The maximum Gasteiger partial charge on any atom is 0.266 e. The van der Waals surface area contributed by atoms with Gasteiger partial charge in [-0.05, 0) is 24.3 Å². The number of ether oxygens (including phenoxy) is 1. The first kappa shape index (κ1) is 17.5. The largest absolute Gasteiger partial charge is 0.497 e. The van der Waals surface area contributed by atoms with E-state index in [2.05, 4.69) is 5.32 Å². The molecule has 0 bridgehead atoms. The zero-order valence-corrected chi connectivity index (χ0v) is 12.3. The smallest absolute Gasteiger partial charge is 0.266 e. The van der Waals surface area contributed by atoms with Gasteiger partial charge in [0.1, 0.15) is 17.4 Å². The summed E-state index contributed by atoms with van der Waals surface area (Å²) in [6.45, 7) is -0.366. The molecular formula is C15H19N3O4. The van der Waals surface area contributed by atoms with E-state index in [1.807, 2.05) is 6.07 Å². The summed E-state index contributed by atoms with van der Waals surface area (Å²) in [7, 11) is 1.56. The van der Waals surface area contributed by atoms with Crippen LogP contribution in [-0.4, -0.2) is 54.4 Å². The number of methoxy groups -OCH3 is 1. The van der Waals surface area contributed by atoms with Crippen LogP contribution in [0.1, 0.15) is 0 Å². The highest BCUT2D eigenvalue weighted by atomic mass is 16.5. The summed E-state index contributed by atoms with van der Waals surface area (Å²) in [5.41, 5.74) is 0.579. The van der Waals surface area contributed by atoms with Crippen molar-refractivity contribution < 1.29 is 19.7 Å². The van der Waals surface area contributed by atoms with Gasteiger partial charge in [0.15, 0.2) is 0 Å². The van der Waals surface area contributed by atoms with Gasteiger partial charge in [-0.2, -0.15) is 5.26 Å². The van der Waals surface area contributed by atoms with E-state index >= 15 is 0 Å². The lowest BCUT2D eigenvalue weighted by molar-refractivity contribution is -0.127. The third kappa shape index (κ3) is 5.09. The molecule has 7 nitrogen and oxygen atoms in total. The number of aliphatic hydroxyl groups is 2. The van der Waals surface area contributed by atoms with Gasteiger partial charge >= 0.3 is 0 Å². The fourth-order valence-electron chi connectivity index (χ4n) is 1.71. The van der Waals surface area contributed by atoms with Gasteiger partial charge in [-0.3, -0.25) is 4.79 Å². The van der Waals surface area contributed by atoms with Crippen LogP contribution in [0.25, 0.3) is 0 Å². The summed E-state index contributed by atoms with van der Waals surface area (Å²) in [6.07, 6.45) is 1.30. The maximum atomic E-state index is 12.1. The number of carbonyl (C=O) groups excluding carboxylic acids is 1. The van der Waals surface area contributed by atoms with E-state index in [9.17, 15) is 4.79 Å². The molecule has 1 amide bonds. The van der Waals surface area contributed by atoms with Crippen molar-refractivity contribution in [2.75, 3.05) is 38.7 Å². The zero-order chi connectivity index (χ0) is 16.4. The number of hydrogen-bond acceptors (Lipinski definition) is 6. The number of nitriles is 1. The number of nitrogens with zero attached hydrogens (tertiary/aromatic N) is 2. The standard InChI is InChI=1S/C15H19N3O4/c1-22-14-4-2-13(3-5-14)17-11-12(10-16)15(21)18(6-8-19)7-9-20/h2-5,11,17,19-20H,6-9H2,1H3/b12-11-. The molecule has 0 fully saturated rings. The molecular weight excluding hydrogens is 286 g/mol. The Morgan fingerprint density at radius 1 is 1.32 bits per heavy atom. The first-order valence-electron chi connectivity index (χ1n) is 6.68. The number of amides is 1. The van der Waals surface area contributed by atoms with Gasteiger partial charge in [-0.1, -0.05) is 0 Å². The molecule has 0 aliphatic heterocycles. The monoisotopic (exact) mass is 305 g/mol. The van der Waals surface area contributed by atoms with Crippen LogP contribution in [0.3, 0.4) is 0 Å². The van der Waals surface area contributed by atoms with Crippen molar-refractivity contribution >= 4 is 11.6 Å². The van der Waals surface area contributed by atoms with Crippen molar-refractivity contribution in [3.05, 3.63) is 36.0 Å². The Labute approximate surface area is 129 Å². The van der Waals surface area contributed by atoms with Gasteiger partial charge in [0.05, 0.1) is 20.3 Å². The Morgan fingerprint density at radius 2 is 1.91 bits per heavy atom. The van der Waals surface area contributed by atoms with Crippen LogP contribution in [-0.2, 0) is 4.79 Å². The average molecular weight is 305 g/mol. The molecule has 0 saturated carbocycles. The highest BCUT2D eigenvalue weighted by Crippen LogP contribution is 2.15. The van der Waals surface area contributed by atoms with E-state index in [0.29, 0.717) is 11.4 Å². The Bertz CT molecular complexity index is 543. The van der Waals surface area contributed by atoms with Crippen molar-refractivity contribution in [1.82, 2.24) is 4.90 Å². The number of hydrogen-bond donors (Lipinski definition) is 3. The van der Waals surface area contributed by atoms with Crippen LogP contribution in [0.2, 0.25) is 0 Å². The fraction of sp³-hybridized carbons (Fsp3) is 0.333. The first-order chi connectivity index (χ1) is 10.7. The molecule has 118 valence electrons. The molecule has 0 unspecified atom stereocenters. The molecule has 1 rings (SSSR count). The molecule has 0 aliphatic rings. The lowest BCUT2D eigenvalue weighted by Crippen LogP contribution is -2.36. The molecule has 0 radical (unpaired) electrons. The summed E-state index contributed by atoms with van der Waals surface area (Å²) >= 11 is 0. The van der Waals surface area contributed by atoms with Crippen LogP contribution in [0.5, 0.6) is 5.75 Å². The predicted molar refractivity (Wildman–Crippen MR) is 81.1 cm³/mol. The van der Waals surface area contributed by atoms with E-state index < -0.39 is 5.91 Å². The van der Waals surface area contributed by atoms with Crippen LogP contribution >= 0.6 is 0 Å².